The number of aryl methyl sites for hydroxylation is 1. The topological polar surface area (TPSA) is 90.1 Å². The molecule has 0 aliphatic rings. The lowest BCUT2D eigenvalue weighted by Gasteiger charge is -2.12. The molecule has 33 heavy (non-hydrogen) atoms. The van der Waals surface area contributed by atoms with E-state index in [1.165, 1.54) is 23.9 Å². The van der Waals surface area contributed by atoms with Gasteiger partial charge in [0.25, 0.3) is 5.69 Å². The minimum Gasteiger partial charge on any atom is -0.325 e. The largest absolute Gasteiger partial charge is 0.325 e. The zero-order chi connectivity index (χ0) is 23.4. The summed E-state index contributed by atoms with van der Waals surface area (Å²) in [6, 6.07) is 21.1. The van der Waals surface area contributed by atoms with Crippen LogP contribution in [0.1, 0.15) is 5.56 Å². The van der Waals surface area contributed by atoms with Crippen molar-refractivity contribution >= 4 is 40.6 Å². The summed E-state index contributed by atoms with van der Waals surface area (Å²) in [6.07, 6.45) is 1.65. The Kier molecular flexibility index (Phi) is 6.76. The first-order valence-electron chi connectivity index (χ1n) is 9.98. The van der Waals surface area contributed by atoms with E-state index in [-0.39, 0.29) is 17.3 Å². The number of nitro groups is 1. The van der Waals surface area contributed by atoms with Crippen LogP contribution in [-0.2, 0) is 4.79 Å². The summed E-state index contributed by atoms with van der Waals surface area (Å²) in [5, 5.41) is 15.3. The van der Waals surface area contributed by atoms with Crippen molar-refractivity contribution in [2.75, 3.05) is 11.1 Å². The van der Waals surface area contributed by atoms with Crippen LogP contribution in [0.3, 0.4) is 0 Å². The average Bonchev–Trinajstić information content (AvgIpc) is 3.24. The molecule has 0 radical (unpaired) electrons. The van der Waals surface area contributed by atoms with Crippen LogP contribution < -0.4 is 5.32 Å². The predicted octanol–water partition coefficient (Wildman–Crippen LogP) is 6.14. The Labute approximate surface area is 199 Å². The molecule has 1 N–H and O–H groups in total. The monoisotopic (exact) mass is 478 g/mol. The number of nitro benzene ring substituents is 1. The molecular formula is C24H19ClN4O3S. The predicted molar refractivity (Wildman–Crippen MR) is 131 cm³/mol. The van der Waals surface area contributed by atoms with E-state index in [4.69, 9.17) is 11.6 Å². The van der Waals surface area contributed by atoms with Crippen LogP contribution in [0.2, 0.25) is 5.02 Å². The third-order valence-corrected chi connectivity index (χ3v) is 6.04. The molecule has 0 unspecified atom stereocenters. The lowest BCUT2D eigenvalue weighted by molar-refractivity contribution is -0.384. The van der Waals surface area contributed by atoms with Crippen molar-refractivity contribution in [1.82, 2.24) is 9.55 Å². The van der Waals surface area contributed by atoms with Gasteiger partial charge in [0.15, 0.2) is 5.16 Å². The summed E-state index contributed by atoms with van der Waals surface area (Å²) >= 11 is 7.33. The zero-order valence-electron chi connectivity index (χ0n) is 17.6. The molecule has 0 atom stereocenters. The number of carbonyl (C=O) groups is 1. The highest BCUT2D eigenvalue weighted by Crippen LogP contribution is 2.32. The first-order valence-corrected chi connectivity index (χ1v) is 11.3. The van der Waals surface area contributed by atoms with Gasteiger partial charge in [0.1, 0.15) is 0 Å². The van der Waals surface area contributed by atoms with Gasteiger partial charge in [0.05, 0.1) is 22.6 Å². The molecular weight excluding hydrogens is 460 g/mol. The van der Waals surface area contributed by atoms with Crippen LogP contribution in [0.25, 0.3) is 16.9 Å². The van der Waals surface area contributed by atoms with E-state index >= 15 is 0 Å². The molecule has 3 aromatic carbocycles. The molecule has 0 bridgehead atoms. The number of non-ortho nitro benzene ring substituents is 1. The number of nitrogens with zero attached hydrogens (tertiary/aromatic N) is 3. The van der Waals surface area contributed by atoms with Crippen LogP contribution in [-0.4, -0.2) is 26.1 Å². The number of imidazole rings is 1. The van der Waals surface area contributed by atoms with Gasteiger partial charge in [-0.1, -0.05) is 53.2 Å². The lowest BCUT2D eigenvalue weighted by atomic mass is 10.1. The van der Waals surface area contributed by atoms with Gasteiger partial charge in [-0.05, 0) is 43.3 Å². The van der Waals surface area contributed by atoms with E-state index in [9.17, 15) is 14.9 Å². The van der Waals surface area contributed by atoms with Crippen LogP contribution in [0, 0.1) is 17.0 Å². The minimum absolute atomic E-state index is 0.0111. The Bertz CT molecular complexity index is 1300. The van der Waals surface area contributed by atoms with Crippen molar-refractivity contribution < 1.29 is 9.72 Å². The Hall–Kier alpha value is -3.62. The second-order valence-corrected chi connectivity index (χ2v) is 8.63. The molecule has 4 rings (SSSR count). The third kappa shape index (κ3) is 5.42. The molecule has 0 saturated carbocycles. The highest BCUT2D eigenvalue weighted by Gasteiger charge is 2.17. The van der Waals surface area contributed by atoms with Crippen LogP contribution in [0.15, 0.2) is 84.1 Å². The number of hydrogen-bond donors (Lipinski definition) is 1. The van der Waals surface area contributed by atoms with Crippen LogP contribution >= 0.6 is 23.4 Å². The normalized spacial score (nSPS) is 10.7. The van der Waals surface area contributed by atoms with E-state index < -0.39 is 4.92 Å². The van der Waals surface area contributed by atoms with E-state index in [0.717, 1.165) is 16.9 Å². The smallest absolute Gasteiger partial charge is 0.270 e. The maximum Gasteiger partial charge on any atom is 0.270 e. The van der Waals surface area contributed by atoms with Crippen molar-refractivity contribution in [3.63, 3.8) is 0 Å². The SMILES string of the molecule is Cc1ccc(NC(=O)CSc2ncc(-c3cccc([N+](=O)[O-])c3)n2-c2ccc(Cl)cc2)cc1. The Morgan fingerprint density at radius 3 is 2.55 bits per heavy atom. The van der Waals surface area contributed by atoms with Gasteiger partial charge in [-0.15, -0.1) is 0 Å². The molecule has 0 fully saturated rings. The van der Waals surface area contributed by atoms with Gasteiger partial charge in [-0.25, -0.2) is 4.98 Å². The molecule has 1 heterocycles. The summed E-state index contributed by atoms with van der Waals surface area (Å²) in [4.78, 5) is 27.8. The van der Waals surface area contributed by atoms with Crippen molar-refractivity contribution in [1.29, 1.82) is 0 Å². The number of benzene rings is 3. The maximum absolute atomic E-state index is 12.5. The number of anilines is 1. The number of amides is 1. The molecule has 166 valence electrons. The van der Waals surface area contributed by atoms with Crippen molar-refractivity contribution in [2.45, 2.75) is 12.1 Å². The summed E-state index contributed by atoms with van der Waals surface area (Å²) < 4.78 is 1.86. The second-order valence-electron chi connectivity index (χ2n) is 7.25. The summed E-state index contributed by atoms with van der Waals surface area (Å²) in [5.74, 6) is -0.0150. The quantitative estimate of drug-likeness (QED) is 0.196. The number of halogens is 1. The molecule has 7 nitrogen and oxygen atoms in total. The summed E-state index contributed by atoms with van der Waals surface area (Å²) in [6.45, 7) is 1.98. The van der Waals surface area contributed by atoms with Crippen LogP contribution in [0.5, 0.6) is 0 Å². The van der Waals surface area contributed by atoms with Gasteiger partial charge in [-0.3, -0.25) is 19.5 Å². The van der Waals surface area contributed by atoms with E-state index in [0.29, 0.717) is 21.4 Å². The number of thioether (sulfide) groups is 1. The fourth-order valence-corrected chi connectivity index (χ4v) is 4.14. The fourth-order valence-electron chi connectivity index (χ4n) is 3.22. The van der Waals surface area contributed by atoms with Gasteiger partial charge in [0.2, 0.25) is 5.91 Å². The van der Waals surface area contributed by atoms with Gasteiger partial charge in [0, 0.05) is 34.1 Å². The molecule has 0 spiro atoms. The number of hydrogen-bond acceptors (Lipinski definition) is 5. The molecule has 1 aromatic heterocycles. The first kappa shape index (κ1) is 22.6. The standard InChI is InChI=1S/C24H19ClN4O3S/c1-16-5-9-19(10-6-16)27-23(30)15-33-24-26-14-22(17-3-2-4-21(13-17)29(31)32)28(24)20-11-7-18(25)8-12-20/h2-14H,15H2,1H3,(H,27,30). The minimum atomic E-state index is -0.433. The highest BCUT2D eigenvalue weighted by molar-refractivity contribution is 7.99. The summed E-state index contributed by atoms with van der Waals surface area (Å²) in [5.41, 5.74) is 3.92. The lowest BCUT2D eigenvalue weighted by Crippen LogP contribution is -2.14. The summed E-state index contributed by atoms with van der Waals surface area (Å²) in [7, 11) is 0. The molecule has 0 aliphatic heterocycles. The number of aromatic nitrogens is 2. The number of carbonyl (C=O) groups excluding carboxylic acids is 1. The molecule has 0 aliphatic carbocycles. The van der Waals surface area contributed by atoms with Crippen molar-refractivity contribution in [3.8, 4) is 16.9 Å². The molecule has 1 amide bonds. The van der Waals surface area contributed by atoms with Crippen molar-refractivity contribution in [2.24, 2.45) is 0 Å². The Morgan fingerprint density at radius 2 is 1.85 bits per heavy atom. The number of nitrogens with one attached hydrogen (secondary N) is 1. The number of rotatable bonds is 7. The van der Waals surface area contributed by atoms with Gasteiger partial charge < -0.3 is 5.32 Å². The molecule has 4 aromatic rings. The van der Waals surface area contributed by atoms with E-state index in [1.807, 2.05) is 47.9 Å². The molecule has 0 saturated heterocycles. The Balaban J connectivity index is 1.63. The fraction of sp³-hybridized carbons (Fsp3) is 0.0833. The third-order valence-electron chi connectivity index (χ3n) is 4.83. The van der Waals surface area contributed by atoms with Gasteiger partial charge in [-0.2, -0.15) is 0 Å². The zero-order valence-corrected chi connectivity index (χ0v) is 19.1. The van der Waals surface area contributed by atoms with E-state index in [1.54, 1.807) is 30.5 Å². The van der Waals surface area contributed by atoms with Gasteiger partial charge >= 0.3 is 0 Å². The highest BCUT2D eigenvalue weighted by atomic mass is 35.5. The second kappa shape index (κ2) is 9.89. The van der Waals surface area contributed by atoms with Crippen molar-refractivity contribution in [3.05, 3.63) is 99.7 Å². The molecule has 9 heteroatoms. The van der Waals surface area contributed by atoms with Crippen LogP contribution in [0.4, 0.5) is 11.4 Å². The first-order chi connectivity index (χ1) is 15.9. The average molecular weight is 479 g/mol. The van der Waals surface area contributed by atoms with E-state index in [2.05, 4.69) is 10.3 Å². The maximum atomic E-state index is 12.5. The Morgan fingerprint density at radius 1 is 1.12 bits per heavy atom.